The third-order valence-corrected chi connectivity index (χ3v) is 5.34. The number of halogens is 3. The van der Waals surface area contributed by atoms with Gasteiger partial charge >= 0.3 is 0 Å². The van der Waals surface area contributed by atoms with Crippen molar-refractivity contribution < 1.29 is 22.4 Å². The highest BCUT2D eigenvalue weighted by Crippen LogP contribution is 2.31. The predicted molar refractivity (Wildman–Crippen MR) is 120 cm³/mol. The number of rotatable bonds is 11. The van der Waals surface area contributed by atoms with Crippen molar-refractivity contribution in [2.75, 3.05) is 13.2 Å². The molecule has 174 valence electrons. The molecule has 0 amide bonds. The highest BCUT2D eigenvalue weighted by atomic mass is 19.1. The van der Waals surface area contributed by atoms with Gasteiger partial charge in [0.2, 0.25) is 0 Å². The number of hydrogen-bond donors (Lipinski definition) is 2. The van der Waals surface area contributed by atoms with E-state index in [9.17, 15) is 18.0 Å². The van der Waals surface area contributed by atoms with Crippen LogP contribution in [0.1, 0.15) is 53.4 Å². The van der Waals surface area contributed by atoms with Crippen molar-refractivity contribution in [2.24, 2.45) is 0 Å². The molecule has 5 nitrogen and oxygen atoms in total. The maximum absolute atomic E-state index is 14.0. The van der Waals surface area contributed by atoms with Crippen LogP contribution in [0.2, 0.25) is 0 Å². The number of hydrogen-bond acceptors (Lipinski definition) is 4. The van der Waals surface area contributed by atoms with Crippen molar-refractivity contribution >= 4 is 11.6 Å². The van der Waals surface area contributed by atoms with Gasteiger partial charge in [-0.15, -0.1) is 0 Å². The Balaban J connectivity index is 1.73. The molecule has 8 heteroatoms. The van der Waals surface area contributed by atoms with E-state index < -0.39 is 29.7 Å². The highest BCUT2D eigenvalue weighted by Gasteiger charge is 2.22. The first kappa shape index (κ1) is 24.2. The Kier molecular flexibility index (Phi) is 8.40. The molecular weight excluding hydrogens is 431 g/mol. The summed E-state index contributed by atoms with van der Waals surface area (Å²) < 4.78 is 46.4. The van der Waals surface area contributed by atoms with Crippen LogP contribution in [0.3, 0.4) is 0 Å². The van der Waals surface area contributed by atoms with Crippen LogP contribution in [-0.2, 0) is 0 Å². The van der Waals surface area contributed by atoms with Gasteiger partial charge in [0, 0.05) is 24.4 Å². The van der Waals surface area contributed by atoms with Gasteiger partial charge in [0.05, 0.1) is 11.8 Å². The SMILES string of the molecule is Cc1cccc(-c2cnc([C@H](CCCNC(=N)CF)CCC(=O)c3c(F)cccc3F)o2)c1. The number of amidine groups is 1. The monoisotopic (exact) mass is 457 g/mol. The minimum Gasteiger partial charge on any atom is -0.440 e. The van der Waals surface area contributed by atoms with Crippen LogP contribution in [0.25, 0.3) is 11.3 Å². The molecule has 0 aliphatic carbocycles. The van der Waals surface area contributed by atoms with Crippen LogP contribution in [0.15, 0.2) is 53.1 Å². The molecular formula is C25H26F3N3O2. The van der Waals surface area contributed by atoms with E-state index >= 15 is 0 Å². The summed E-state index contributed by atoms with van der Waals surface area (Å²) in [5.74, 6) is -1.88. The summed E-state index contributed by atoms with van der Waals surface area (Å²) in [7, 11) is 0. The fourth-order valence-electron chi connectivity index (χ4n) is 3.63. The summed E-state index contributed by atoms with van der Waals surface area (Å²) in [4.78, 5) is 16.9. The van der Waals surface area contributed by atoms with Gasteiger partial charge in [-0.1, -0.05) is 29.8 Å². The van der Waals surface area contributed by atoms with Gasteiger partial charge in [0.15, 0.2) is 17.4 Å². The summed E-state index contributed by atoms with van der Waals surface area (Å²) in [6.07, 6.45) is 2.91. The van der Waals surface area contributed by atoms with E-state index in [2.05, 4.69) is 10.3 Å². The molecule has 2 N–H and O–H groups in total. The third kappa shape index (κ3) is 6.54. The Bertz CT molecular complexity index is 1090. The van der Waals surface area contributed by atoms with Crippen LogP contribution >= 0.6 is 0 Å². The molecule has 0 bridgehead atoms. The van der Waals surface area contributed by atoms with E-state index in [4.69, 9.17) is 9.83 Å². The zero-order valence-corrected chi connectivity index (χ0v) is 18.3. The zero-order valence-electron chi connectivity index (χ0n) is 18.3. The molecule has 3 aromatic rings. The van der Waals surface area contributed by atoms with Gasteiger partial charge in [0.1, 0.15) is 24.1 Å². The third-order valence-electron chi connectivity index (χ3n) is 5.34. The van der Waals surface area contributed by atoms with Crippen molar-refractivity contribution in [1.82, 2.24) is 10.3 Å². The van der Waals surface area contributed by atoms with E-state index in [0.717, 1.165) is 23.3 Å². The van der Waals surface area contributed by atoms with Crippen molar-refractivity contribution in [3.8, 4) is 11.3 Å². The Morgan fingerprint density at radius 2 is 1.88 bits per heavy atom. The number of alkyl halides is 1. The number of nitrogens with one attached hydrogen (secondary N) is 2. The first-order valence-corrected chi connectivity index (χ1v) is 10.8. The minimum absolute atomic E-state index is 0.0849. The second-order valence-electron chi connectivity index (χ2n) is 7.87. The van der Waals surface area contributed by atoms with Crippen LogP contribution in [0.4, 0.5) is 13.2 Å². The Morgan fingerprint density at radius 1 is 1.15 bits per heavy atom. The lowest BCUT2D eigenvalue weighted by Gasteiger charge is -2.14. The van der Waals surface area contributed by atoms with Gasteiger partial charge in [-0.2, -0.15) is 0 Å². The molecule has 0 unspecified atom stereocenters. The van der Waals surface area contributed by atoms with E-state index in [1.165, 1.54) is 6.07 Å². The number of carbonyl (C=O) groups excluding carboxylic acids is 1. The average Bonchev–Trinajstić information content (AvgIpc) is 3.28. The second kappa shape index (κ2) is 11.4. The zero-order chi connectivity index (χ0) is 23.8. The smallest absolute Gasteiger partial charge is 0.198 e. The summed E-state index contributed by atoms with van der Waals surface area (Å²) in [5.41, 5.74) is 1.40. The number of ketones is 1. The Morgan fingerprint density at radius 3 is 2.58 bits per heavy atom. The van der Waals surface area contributed by atoms with E-state index in [-0.39, 0.29) is 24.6 Å². The molecule has 0 spiro atoms. The first-order valence-electron chi connectivity index (χ1n) is 10.8. The topological polar surface area (TPSA) is 79.0 Å². The van der Waals surface area contributed by atoms with Crippen molar-refractivity contribution in [2.45, 2.75) is 38.5 Å². The summed E-state index contributed by atoms with van der Waals surface area (Å²) in [6.45, 7) is 1.48. The second-order valence-corrected chi connectivity index (χ2v) is 7.87. The van der Waals surface area contributed by atoms with Crippen LogP contribution < -0.4 is 5.32 Å². The molecule has 1 heterocycles. The molecule has 0 radical (unpaired) electrons. The van der Waals surface area contributed by atoms with Crippen LogP contribution in [0.5, 0.6) is 0 Å². The van der Waals surface area contributed by atoms with Gasteiger partial charge in [-0.3, -0.25) is 10.2 Å². The lowest BCUT2D eigenvalue weighted by atomic mass is 9.94. The Labute approximate surface area is 190 Å². The Hall–Kier alpha value is -3.42. The predicted octanol–water partition coefficient (Wildman–Crippen LogP) is 5.99. The van der Waals surface area contributed by atoms with E-state index in [1.54, 1.807) is 6.20 Å². The summed E-state index contributed by atoms with van der Waals surface area (Å²) in [6, 6.07) is 11.1. The number of carbonyl (C=O) groups is 1. The lowest BCUT2D eigenvalue weighted by Crippen LogP contribution is -2.25. The number of Topliss-reactive ketones (excluding diaryl/α,β-unsaturated/α-hetero) is 1. The molecule has 2 aromatic carbocycles. The van der Waals surface area contributed by atoms with E-state index in [1.807, 2.05) is 31.2 Å². The maximum atomic E-state index is 14.0. The molecule has 0 saturated heterocycles. The average molecular weight is 457 g/mol. The van der Waals surface area contributed by atoms with Gasteiger partial charge in [0.25, 0.3) is 0 Å². The number of nitrogens with zero attached hydrogens (tertiary/aromatic N) is 1. The highest BCUT2D eigenvalue weighted by molar-refractivity contribution is 5.96. The number of aryl methyl sites for hydroxylation is 1. The van der Waals surface area contributed by atoms with Crippen LogP contribution in [-0.4, -0.2) is 29.8 Å². The molecule has 1 aromatic heterocycles. The molecule has 3 rings (SSSR count). The van der Waals surface area contributed by atoms with Crippen molar-refractivity contribution in [3.63, 3.8) is 0 Å². The molecule has 0 saturated carbocycles. The lowest BCUT2D eigenvalue weighted by molar-refractivity contribution is 0.0967. The molecule has 33 heavy (non-hydrogen) atoms. The fourth-order valence-corrected chi connectivity index (χ4v) is 3.63. The van der Waals surface area contributed by atoms with Gasteiger partial charge < -0.3 is 9.73 Å². The first-order chi connectivity index (χ1) is 15.9. The molecule has 0 fully saturated rings. The van der Waals surface area contributed by atoms with Crippen LogP contribution in [0, 0.1) is 24.0 Å². The van der Waals surface area contributed by atoms with Crippen molar-refractivity contribution in [3.05, 3.63) is 77.3 Å². The number of aromatic nitrogens is 1. The van der Waals surface area contributed by atoms with E-state index in [0.29, 0.717) is 31.0 Å². The summed E-state index contributed by atoms with van der Waals surface area (Å²) in [5, 5.41) is 10.0. The maximum Gasteiger partial charge on any atom is 0.198 e. The normalized spacial score (nSPS) is 11.9. The quantitative estimate of drug-likeness (QED) is 0.160. The van der Waals surface area contributed by atoms with Crippen molar-refractivity contribution in [1.29, 1.82) is 5.41 Å². The molecule has 0 aliphatic heterocycles. The standard InChI is InChI=1S/C25H26F3N3O2/c1-16-5-2-6-18(13-16)22-15-31-25(33-22)17(7-4-12-30-23(29)14-26)10-11-21(32)24-19(27)8-3-9-20(24)28/h2-3,5-6,8-9,13,15,17H,4,7,10-12,14H2,1H3,(H2,29,30)/t17-/m1/s1. The molecule has 1 atom stereocenters. The number of oxazole rings is 1. The fraction of sp³-hybridized carbons (Fsp3) is 0.320. The van der Waals surface area contributed by atoms with Gasteiger partial charge in [-0.25, -0.2) is 18.2 Å². The number of benzene rings is 2. The van der Waals surface area contributed by atoms with Gasteiger partial charge in [-0.05, 0) is 44.4 Å². The molecule has 0 aliphatic rings. The minimum atomic E-state index is -0.886. The largest absolute Gasteiger partial charge is 0.440 e. The summed E-state index contributed by atoms with van der Waals surface area (Å²) >= 11 is 0.